The quantitative estimate of drug-likeness (QED) is 0.606. The molecule has 1 saturated heterocycles. The molecule has 1 heterocycles. The molecule has 2 amide bonds. The van der Waals surface area contributed by atoms with Crippen molar-refractivity contribution in [2.45, 2.75) is 0 Å². The molecule has 0 aliphatic carbocycles. The average molecular weight is 385 g/mol. The lowest BCUT2D eigenvalue weighted by molar-refractivity contribution is -0.113. The number of thioether (sulfide) groups is 1. The SMILES string of the molecule is O=C1S/C(=C/c2ccc(Cl)cc2Cl)C(=O)N1c1cccc(Cl)c1. The highest BCUT2D eigenvalue weighted by atomic mass is 35.5. The first-order valence-corrected chi connectivity index (χ1v) is 8.39. The fourth-order valence-corrected chi connectivity index (χ4v) is 3.55. The van der Waals surface area contributed by atoms with Gasteiger partial charge in [-0.25, -0.2) is 4.90 Å². The molecule has 0 spiro atoms. The molecule has 3 rings (SSSR count). The Hall–Kier alpha value is -1.46. The Morgan fingerprint density at radius 3 is 2.39 bits per heavy atom. The van der Waals surface area contributed by atoms with E-state index in [-0.39, 0.29) is 5.24 Å². The van der Waals surface area contributed by atoms with Gasteiger partial charge in [0.25, 0.3) is 11.1 Å². The average Bonchev–Trinajstić information content (AvgIpc) is 2.76. The molecule has 23 heavy (non-hydrogen) atoms. The summed E-state index contributed by atoms with van der Waals surface area (Å²) < 4.78 is 0. The van der Waals surface area contributed by atoms with Crippen molar-refractivity contribution in [2.75, 3.05) is 4.90 Å². The number of nitrogens with zero attached hydrogens (tertiary/aromatic N) is 1. The lowest BCUT2D eigenvalue weighted by Crippen LogP contribution is -2.27. The molecule has 0 N–H and O–H groups in total. The lowest BCUT2D eigenvalue weighted by Gasteiger charge is -2.12. The predicted molar refractivity (Wildman–Crippen MR) is 96.4 cm³/mol. The number of carbonyl (C=O) groups excluding carboxylic acids is 2. The maximum Gasteiger partial charge on any atom is 0.298 e. The number of imide groups is 1. The van der Waals surface area contributed by atoms with E-state index in [0.29, 0.717) is 31.2 Å². The topological polar surface area (TPSA) is 37.4 Å². The Balaban J connectivity index is 1.96. The van der Waals surface area contributed by atoms with Gasteiger partial charge in [-0.1, -0.05) is 46.9 Å². The molecular formula is C16H8Cl3NO2S. The van der Waals surface area contributed by atoms with Crippen LogP contribution in [0.3, 0.4) is 0 Å². The van der Waals surface area contributed by atoms with Gasteiger partial charge in [0, 0.05) is 15.1 Å². The summed E-state index contributed by atoms with van der Waals surface area (Å²) in [7, 11) is 0. The van der Waals surface area contributed by atoms with Crippen molar-refractivity contribution in [3.63, 3.8) is 0 Å². The van der Waals surface area contributed by atoms with Gasteiger partial charge in [0.05, 0.1) is 10.6 Å². The van der Waals surface area contributed by atoms with Gasteiger partial charge >= 0.3 is 0 Å². The van der Waals surface area contributed by atoms with Crippen LogP contribution in [0.4, 0.5) is 10.5 Å². The standard InChI is InChI=1S/C16H8Cl3NO2S/c17-10-2-1-3-12(7-10)20-15(21)14(23-16(20)22)6-9-4-5-11(18)8-13(9)19/h1-8H/b14-6+. The van der Waals surface area contributed by atoms with Gasteiger partial charge in [-0.05, 0) is 53.7 Å². The smallest absolute Gasteiger partial charge is 0.268 e. The van der Waals surface area contributed by atoms with Gasteiger partial charge in [0.2, 0.25) is 0 Å². The Kier molecular flexibility index (Phi) is 4.69. The molecule has 3 nitrogen and oxygen atoms in total. The minimum Gasteiger partial charge on any atom is -0.268 e. The van der Waals surface area contributed by atoms with Crippen molar-refractivity contribution in [1.82, 2.24) is 0 Å². The maximum atomic E-state index is 12.5. The van der Waals surface area contributed by atoms with E-state index in [9.17, 15) is 9.59 Å². The number of amides is 2. The first-order valence-electron chi connectivity index (χ1n) is 6.44. The molecule has 116 valence electrons. The number of hydrogen-bond acceptors (Lipinski definition) is 3. The lowest BCUT2D eigenvalue weighted by atomic mass is 10.2. The van der Waals surface area contributed by atoms with E-state index in [1.165, 1.54) is 0 Å². The highest BCUT2D eigenvalue weighted by Crippen LogP contribution is 2.37. The second-order valence-electron chi connectivity index (χ2n) is 4.66. The van der Waals surface area contributed by atoms with Crippen molar-refractivity contribution < 1.29 is 9.59 Å². The number of rotatable bonds is 2. The zero-order chi connectivity index (χ0) is 16.6. The third kappa shape index (κ3) is 3.40. The molecule has 7 heteroatoms. The van der Waals surface area contributed by atoms with Crippen molar-refractivity contribution in [3.05, 3.63) is 68.0 Å². The van der Waals surface area contributed by atoms with Gasteiger partial charge in [-0.15, -0.1) is 0 Å². The molecule has 0 bridgehead atoms. The van der Waals surface area contributed by atoms with Crippen molar-refractivity contribution in [1.29, 1.82) is 0 Å². The monoisotopic (exact) mass is 383 g/mol. The van der Waals surface area contributed by atoms with Crippen LogP contribution in [0.1, 0.15) is 5.56 Å². The van der Waals surface area contributed by atoms with Crippen LogP contribution in [0.2, 0.25) is 15.1 Å². The van der Waals surface area contributed by atoms with Crippen LogP contribution in [0.25, 0.3) is 6.08 Å². The van der Waals surface area contributed by atoms with E-state index in [1.54, 1.807) is 48.5 Å². The molecule has 2 aromatic carbocycles. The van der Waals surface area contributed by atoms with Crippen molar-refractivity contribution in [2.24, 2.45) is 0 Å². The minimum atomic E-state index is -0.409. The Labute approximate surface area is 151 Å². The molecular weight excluding hydrogens is 377 g/mol. The van der Waals surface area contributed by atoms with Crippen LogP contribution < -0.4 is 4.90 Å². The second kappa shape index (κ2) is 6.57. The van der Waals surface area contributed by atoms with Gasteiger partial charge in [-0.3, -0.25) is 9.59 Å². The number of halogens is 3. The fourth-order valence-electron chi connectivity index (χ4n) is 2.07. The first kappa shape index (κ1) is 16.4. The largest absolute Gasteiger partial charge is 0.298 e. The molecule has 0 aromatic heterocycles. The fraction of sp³-hybridized carbons (Fsp3) is 0. The Morgan fingerprint density at radius 2 is 1.70 bits per heavy atom. The molecule has 2 aromatic rings. The van der Waals surface area contributed by atoms with E-state index < -0.39 is 5.91 Å². The summed E-state index contributed by atoms with van der Waals surface area (Å²) in [5.41, 5.74) is 1.05. The Bertz CT molecular complexity index is 851. The number of benzene rings is 2. The van der Waals surface area contributed by atoms with E-state index in [4.69, 9.17) is 34.8 Å². The summed E-state index contributed by atoms with van der Waals surface area (Å²) in [4.78, 5) is 26.1. The number of anilines is 1. The van der Waals surface area contributed by atoms with Crippen LogP contribution in [-0.4, -0.2) is 11.1 Å². The van der Waals surface area contributed by atoms with Gasteiger partial charge < -0.3 is 0 Å². The second-order valence-corrected chi connectivity index (χ2v) is 6.94. The predicted octanol–water partition coefficient (Wildman–Crippen LogP) is 5.89. The molecule has 0 atom stereocenters. The highest BCUT2D eigenvalue weighted by molar-refractivity contribution is 8.19. The molecule has 0 saturated carbocycles. The van der Waals surface area contributed by atoms with E-state index in [0.717, 1.165) is 16.7 Å². The number of hydrogen-bond donors (Lipinski definition) is 0. The summed E-state index contributed by atoms with van der Waals surface area (Å²) in [5.74, 6) is -0.409. The molecule has 0 unspecified atom stereocenters. The van der Waals surface area contributed by atoms with Gasteiger partial charge in [0.15, 0.2) is 0 Å². The molecule has 1 aliphatic heterocycles. The summed E-state index contributed by atoms with van der Waals surface area (Å²) in [6.45, 7) is 0. The first-order chi connectivity index (χ1) is 11.0. The summed E-state index contributed by atoms with van der Waals surface area (Å²) in [6, 6.07) is 11.5. The summed E-state index contributed by atoms with van der Waals surface area (Å²) in [5, 5.41) is 0.978. The van der Waals surface area contributed by atoms with E-state index >= 15 is 0 Å². The zero-order valence-corrected chi connectivity index (χ0v) is 14.5. The third-order valence-electron chi connectivity index (χ3n) is 3.11. The van der Waals surface area contributed by atoms with Crippen LogP contribution in [0.5, 0.6) is 0 Å². The van der Waals surface area contributed by atoms with Gasteiger partial charge in [-0.2, -0.15) is 0 Å². The molecule has 1 aliphatic rings. The van der Waals surface area contributed by atoms with E-state index in [1.807, 2.05) is 0 Å². The van der Waals surface area contributed by atoms with Crippen molar-refractivity contribution in [3.8, 4) is 0 Å². The van der Waals surface area contributed by atoms with Crippen LogP contribution in [0, 0.1) is 0 Å². The highest BCUT2D eigenvalue weighted by Gasteiger charge is 2.36. The van der Waals surface area contributed by atoms with Gasteiger partial charge in [0.1, 0.15) is 0 Å². The van der Waals surface area contributed by atoms with Crippen LogP contribution >= 0.6 is 46.6 Å². The normalized spacial score (nSPS) is 16.5. The molecule has 1 fully saturated rings. The van der Waals surface area contributed by atoms with Crippen molar-refractivity contribution >= 4 is 69.5 Å². The van der Waals surface area contributed by atoms with E-state index in [2.05, 4.69) is 0 Å². The van der Waals surface area contributed by atoms with Crippen LogP contribution in [0.15, 0.2) is 47.4 Å². The molecule has 0 radical (unpaired) electrons. The summed E-state index contributed by atoms with van der Waals surface area (Å²) in [6.07, 6.45) is 1.58. The summed E-state index contributed by atoms with van der Waals surface area (Å²) >= 11 is 18.7. The minimum absolute atomic E-state index is 0.291. The van der Waals surface area contributed by atoms with Crippen LogP contribution in [-0.2, 0) is 4.79 Å². The third-order valence-corrected chi connectivity index (χ3v) is 4.78. The number of carbonyl (C=O) groups is 2. The Morgan fingerprint density at radius 1 is 0.957 bits per heavy atom. The maximum absolute atomic E-state index is 12.5. The zero-order valence-electron chi connectivity index (χ0n) is 11.4.